The number of rotatable bonds is 5. The molecule has 4 rings (SSSR count). The average molecular weight is 442 g/mol. The van der Waals surface area contributed by atoms with Crippen LogP contribution in [0, 0.1) is 22.7 Å². The molecular weight excluding hydrogens is 418 g/mol. The van der Waals surface area contributed by atoms with Gasteiger partial charge in [-0.05, 0) is 68.2 Å². The summed E-state index contributed by atoms with van der Waals surface area (Å²) in [5, 5.41) is 24.5. The molecule has 0 unspecified atom stereocenters. The van der Waals surface area contributed by atoms with E-state index in [4.69, 9.17) is 4.74 Å². The Morgan fingerprint density at radius 1 is 1.12 bits per heavy atom. The molecule has 0 saturated carbocycles. The van der Waals surface area contributed by atoms with Gasteiger partial charge in [-0.25, -0.2) is 0 Å². The number of nitrogens with one attached hydrogen (secondary N) is 1. The van der Waals surface area contributed by atoms with Gasteiger partial charge in [0.1, 0.15) is 28.5 Å². The Kier molecular flexibility index (Phi) is 6.25. The lowest BCUT2D eigenvalue weighted by molar-refractivity contribution is -0.112. The molecule has 2 aromatic carbocycles. The van der Waals surface area contributed by atoms with Crippen molar-refractivity contribution < 1.29 is 9.53 Å². The lowest BCUT2D eigenvalue weighted by Crippen LogP contribution is -2.13. The first-order valence-corrected chi connectivity index (χ1v) is 11.5. The summed E-state index contributed by atoms with van der Waals surface area (Å²) in [6.45, 7) is 3.94. The van der Waals surface area contributed by atoms with Gasteiger partial charge < -0.3 is 10.1 Å². The molecule has 1 aromatic heterocycles. The number of benzene rings is 2. The molecule has 0 spiro atoms. The van der Waals surface area contributed by atoms with E-state index >= 15 is 0 Å². The van der Waals surface area contributed by atoms with E-state index in [0.29, 0.717) is 10.6 Å². The molecule has 1 heterocycles. The van der Waals surface area contributed by atoms with Gasteiger partial charge in [-0.2, -0.15) is 10.5 Å². The number of nitrogens with zero attached hydrogens (tertiary/aromatic N) is 2. The summed E-state index contributed by atoms with van der Waals surface area (Å²) in [6, 6.07) is 15.7. The molecule has 32 heavy (non-hydrogen) atoms. The van der Waals surface area contributed by atoms with Gasteiger partial charge in [0, 0.05) is 10.3 Å². The molecule has 1 amide bonds. The summed E-state index contributed by atoms with van der Waals surface area (Å²) in [7, 11) is 0. The fourth-order valence-electron chi connectivity index (χ4n) is 4.02. The van der Waals surface area contributed by atoms with E-state index in [2.05, 4.69) is 11.4 Å². The molecule has 0 radical (unpaired) electrons. The van der Waals surface area contributed by atoms with Gasteiger partial charge in [-0.3, -0.25) is 4.79 Å². The number of fused-ring (bicyclic) bond motifs is 2. The fraction of sp³-hybridized carbons (Fsp3) is 0.269. The van der Waals surface area contributed by atoms with Gasteiger partial charge in [0.25, 0.3) is 5.91 Å². The predicted molar refractivity (Wildman–Crippen MR) is 128 cm³/mol. The maximum Gasteiger partial charge on any atom is 0.266 e. The van der Waals surface area contributed by atoms with E-state index in [1.165, 1.54) is 11.3 Å². The Labute approximate surface area is 191 Å². The van der Waals surface area contributed by atoms with Crippen molar-refractivity contribution in [3.05, 3.63) is 63.5 Å². The Balaban J connectivity index is 1.68. The van der Waals surface area contributed by atoms with Crippen LogP contribution in [0.5, 0.6) is 5.75 Å². The third-order valence-electron chi connectivity index (χ3n) is 5.46. The lowest BCUT2D eigenvalue weighted by Gasteiger charge is -2.14. The van der Waals surface area contributed by atoms with E-state index in [0.717, 1.165) is 58.2 Å². The average Bonchev–Trinajstić information content (AvgIpc) is 3.15. The van der Waals surface area contributed by atoms with Crippen molar-refractivity contribution in [2.75, 3.05) is 5.32 Å². The zero-order chi connectivity index (χ0) is 22.7. The van der Waals surface area contributed by atoms with Crippen LogP contribution < -0.4 is 10.1 Å². The molecular formula is C26H23N3O2S. The second-order valence-corrected chi connectivity index (χ2v) is 9.12. The highest BCUT2D eigenvalue weighted by molar-refractivity contribution is 7.16. The van der Waals surface area contributed by atoms with Crippen molar-refractivity contribution in [2.45, 2.75) is 45.6 Å². The number of hydrogen-bond acceptors (Lipinski definition) is 5. The molecule has 0 bridgehead atoms. The van der Waals surface area contributed by atoms with Crippen LogP contribution >= 0.6 is 11.3 Å². The second kappa shape index (κ2) is 9.26. The van der Waals surface area contributed by atoms with E-state index in [1.807, 2.05) is 56.3 Å². The normalized spacial score (nSPS) is 13.3. The molecule has 0 atom stereocenters. The van der Waals surface area contributed by atoms with Gasteiger partial charge in [0.2, 0.25) is 0 Å². The first-order chi connectivity index (χ1) is 15.5. The smallest absolute Gasteiger partial charge is 0.266 e. The summed E-state index contributed by atoms with van der Waals surface area (Å²) >= 11 is 1.45. The summed E-state index contributed by atoms with van der Waals surface area (Å²) in [6.07, 6.45) is 5.57. The highest BCUT2D eigenvalue weighted by Crippen LogP contribution is 2.38. The minimum absolute atomic E-state index is 0.0112. The number of carbonyl (C=O) groups excluding carboxylic acids is 1. The topological polar surface area (TPSA) is 85.9 Å². The third-order valence-corrected chi connectivity index (χ3v) is 6.66. The largest absolute Gasteiger partial charge is 0.490 e. The van der Waals surface area contributed by atoms with Crippen molar-refractivity contribution in [1.29, 1.82) is 10.5 Å². The molecule has 1 aliphatic rings. The van der Waals surface area contributed by atoms with Crippen LogP contribution in [0.1, 0.15) is 48.3 Å². The minimum Gasteiger partial charge on any atom is -0.490 e. The predicted octanol–water partition coefficient (Wildman–Crippen LogP) is 5.98. The van der Waals surface area contributed by atoms with Crippen LogP contribution in [-0.4, -0.2) is 12.0 Å². The molecule has 6 heteroatoms. The Morgan fingerprint density at radius 3 is 2.59 bits per heavy atom. The quantitative estimate of drug-likeness (QED) is 0.389. The van der Waals surface area contributed by atoms with E-state index in [9.17, 15) is 15.3 Å². The molecule has 3 aromatic rings. The number of thiophene rings is 1. The number of aryl methyl sites for hydroxylation is 1. The zero-order valence-corrected chi connectivity index (χ0v) is 18.9. The first kappa shape index (κ1) is 21.6. The lowest BCUT2D eigenvalue weighted by atomic mass is 9.96. The van der Waals surface area contributed by atoms with Gasteiger partial charge in [-0.15, -0.1) is 11.3 Å². The van der Waals surface area contributed by atoms with E-state index in [1.54, 1.807) is 6.08 Å². The minimum atomic E-state index is -0.505. The molecule has 5 nitrogen and oxygen atoms in total. The van der Waals surface area contributed by atoms with Crippen LogP contribution in [0.15, 0.2) is 42.0 Å². The molecule has 160 valence electrons. The highest BCUT2D eigenvalue weighted by Gasteiger charge is 2.23. The van der Waals surface area contributed by atoms with Crippen LogP contribution in [0.3, 0.4) is 0 Å². The monoisotopic (exact) mass is 441 g/mol. The van der Waals surface area contributed by atoms with Crippen molar-refractivity contribution in [3.63, 3.8) is 0 Å². The molecule has 1 N–H and O–H groups in total. The van der Waals surface area contributed by atoms with Crippen molar-refractivity contribution >= 4 is 39.1 Å². The van der Waals surface area contributed by atoms with Crippen LogP contribution in [0.25, 0.3) is 16.8 Å². The van der Waals surface area contributed by atoms with Crippen molar-refractivity contribution in [1.82, 2.24) is 0 Å². The van der Waals surface area contributed by atoms with Gasteiger partial charge in [0.05, 0.1) is 11.7 Å². The third kappa shape index (κ3) is 4.23. The first-order valence-electron chi connectivity index (χ1n) is 10.7. The molecule has 1 aliphatic carbocycles. The maximum absolute atomic E-state index is 12.9. The summed E-state index contributed by atoms with van der Waals surface area (Å²) in [4.78, 5) is 14.1. The van der Waals surface area contributed by atoms with Gasteiger partial charge in [0.15, 0.2) is 0 Å². The SMILES string of the molecule is CC(C)Oc1ccc(/C=C(\C#N)C(=O)Nc2sc3c(c2C#N)CCCC3)c2ccccc12. The number of ether oxygens (including phenoxy) is 1. The maximum atomic E-state index is 12.9. The van der Waals surface area contributed by atoms with Crippen LogP contribution in [0.2, 0.25) is 0 Å². The Hall–Kier alpha value is -3.61. The van der Waals surface area contributed by atoms with Gasteiger partial charge >= 0.3 is 0 Å². The van der Waals surface area contributed by atoms with E-state index in [-0.39, 0.29) is 11.7 Å². The number of carbonyl (C=O) groups is 1. The number of nitriles is 2. The number of anilines is 1. The summed E-state index contributed by atoms with van der Waals surface area (Å²) in [5.74, 6) is 0.257. The fourth-order valence-corrected chi connectivity index (χ4v) is 5.26. The van der Waals surface area contributed by atoms with Gasteiger partial charge in [-0.1, -0.05) is 30.3 Å². The molecule has 0 fully saturated rings. The summed E-state index contributed by atoms with van der Waals surface area (Å²) in [5.41, 5.74) is 2.33. The second-order valence-electron chi connectivity index (χ2n) is 8.02. The van der Waals surface area contributed by atoms with Crippen LogP contribution in [0.4, 0.5) is 5.00 Å². The molecule has 0 aliphatic heterocycles. The number of hydrogen-bond donors (Lipinski definition) is 1. The van der Waals surface area contributed by atoms with Crippen LogP contribution in [-0.2, 0) is 17.6 Å². The zero-order valence-electron chi connectivity index (χ0n) is 18.1. The Morgan fingerprint density at radius 2 is 1.88 bits per heavy atom. The van der Waals surface area contributed by atoms with E-state index < -0.39 is 5.91 Å². The highest BCUT2D eigenvalue weighted by atomic mass is 32.1. The van der Waals surface area contributed by atoms with Crippen molar-refractivity contribution in [2.24, 2.45) is 0 Å². The Bertz CT molecular complexity index is 1310. The number of amides is 1. The standard InChI is InChI=1S/C26H23N3O2S/c1-16(2)31-23-12-11-17(19-7-3-4-8-20(19)23)13-18(14-27)25(30)29-26-22(15-28)21-9-5-6-10-24(21)32-26/h3-4,7-8,11-13,16H,5-6,9-10H2,1-2H3,(H,29,30)/b18-13+. The summed E-state index contributed by atoms with van der Waals surface area (Å²) < 4.78 is 5.91. The molecule has 0 saturated heterocycles. The van der Waals surface area contributed by atoms with Crippen molar-refractivity contribution in [3.8, 4) is 17.9 Å².